The molecule has 0 aromatic carbocycles. The Morgan fingerprint density at radius 1 is 1.24 bits per heavy atom. The average molecular weight is 289 g/mol. The SMILES string of the molecule is CCNc1nc(NCCCN2CCCC2)c2cn[nH]c2n1. The molecule has 7 nitrogen and oxygen atoms in total. The van der Waals surface area contributed by atoms with Crippen LogP contribution in [-0.2, 0) is 0 Å². The summed E-state index contributed by atoms with van der Waals surface area (Å²) in [6.45, 7) is 7.41. The van der Waals surface area contributed by atoms with E-state index >= 15 is 0 Å². The monoisotopic (exact) mass is 289 g/mol. The van der Waals surface area contributed by atoms with Crippen LogP contribution in [0.4, 0.5) is 11.8 Å². The highest BCUT2D eigenvalue weighted by atomic mass is 15.2. The smallest absolute Gasteiger partial charge is 0.226 e. The van der Waals surface area contributed by atoms with Crippen molar-refractivity contribution < 1.29 is 0 Å². The number of nitrogens with zero attached hydrogens (tertiary/aromatic N) is 4. The van der Waals surface area contributed by atoms with Gasteiger partial charge in [-0.15, -0.1) is 0 Å². The van der Waals surface area contributed by atoms with Gasteiger partial charge in [0.05, 0.1) is 11.6 Å². The number of hydrogen-bond donors (Lipinski definition) is 3. The Morgan fingerprint density at radius 3 is 2.90 bits per heavy atom. The number of anilines is 2. The van der Waals surface area contributed by atoms with Crippen molar-refractivity contribution in [2.75, 3.05) is 43.4 Å². The number of aromatic amines is 1. The van der Waals surface area contributed by atoms with Gasteiger partial charge in [-0.3, -0.25) is 5.10 Å². The van der Waals surface area contributed by atoms with Crippen LogP contribution in [-0.4, -0.2) is 57.8 Å². The van der Waals surface area contributed by atoms with Crippen LogP contribution in [0.1, 0.15) is 26.2 Å². The summed E-state index contributed by atoms with van der Waals surface area (Å²) in [7, 11) is 0. The summed E-state index contributed by atoms with van der Waals surface area (Å²) < 4.78 is 0. The molecule has 7 heteroatoms. The fourth-order valence-electron chi connectivity index (χ4n) is 2.72. The third-order valence-electron chi connectivity index (χ3n) is 3.79. The van der Waals surface area contributed by atoms with E-state index < -0.39 is 0 Å². The first-order valence-electron chi connectivity index (χ1n) is 7.78. The maximum atomic E-state index is 4.53. The predicted molar refractivity (Wildman–Crippen MR) is 84.6 cm³/mol. The van der Waals surface area contributed by atoms with E-state index in [4.69, 9.17) is 0 Å². The van der Waals surface area contributed by atoms with Gasteiger partial charge in [0, 0.05) is 13.1 Å². The van der Waals surface area contributed by atoms with E-state index in [1.165, 1.54) is 25.9 Å². The standard InChI is InChI=1S/C14H23N7/c1-2-15-14-18-12(11-10-17-20-13(11)19-14)16-6-5-9-21-7-3-4-8-21/h10H,2-9H2,1H3,(H3,15,16,17,18,19,20). The normalized spacial score (nSPS) is 15.7. The fraction of sp³-hybridized carbons (Fsp3) is 0.643. The van der Waals surface area contributed by atoms with E-state index in [0.717, 1.165) is 42.9 Å². The van der Waals surface area contributed by atoms with Gasteiger partial charge < -0.3 is 15.5 Å². The quantitative estimate of drug-likeness (QED) is 0.673. The lowest BCUT2D eigenvalue weighted by Gasteiger charge is -2.14. The van der Waals surface area contributed by atoms with Crippen molar-refractivity contribution in [3.63, 3.8) is 0 Å². The maximum Gasteiger partial charge on any atom is 0.226 e. The van der Waals surface area contributed by atoms with Gasteiger partial charge in [-0.2, -0.15) is 15.1 Å². The van der Waals surface area contributed by atoms with Gasteiger partial charge in [-0.1, -0.05) is 0 Å². The van der Waals surface area contributed by atoms with Crippen LogP contribution in [0.5, 0.6) is 0 Å². The molecule has 0 spiro atoms. The zero-order valence-corrected chi connectivity index (χ0v) is 12.5. The van der Waals surface area contributed by atoms with Gasteiger partial charge >= 0.3 is 0 Å². The van der Waals surface area contributed by atoms with Gasteiger partial charge in [0.2, 0.25) is 5.95 Å². The molecule has 2 aromatic rings. The van der Waals surface area contributed by atoms with Crippen LogP contribution in [0, 0.1) is 0 Å². The molecule has 1 saturated heterocycles. The van der Waals surface area contributed by atoms with E-state index in [-0.39, 0.29) is 0 Å². The van der Waals surface area contributed by atoms with E-state index in [2.05, 4.69) is 35.7 Å². The predicted octanol–water partition coefficient (Wildman–Crippen LogP) is 1.68. The molecule has 114 valence electrons. The molecule has 0 bridgehead atoms. The van der Waals surface area contributed by atoms with Crippen molar-refractivity contribution >= 4 is 22.8 Å². The molecule has 0 unspecified atom stereocenters. The van der Waals surface area contributed by atoms with Crippen LogP contribution in [0.25, 0.3) is 11.0 Å². The van der Waals surface area contributed by atoms with Crippen molar-refractivity contribution in [2.24, 2.45) is 0 Å². The summed E-state index contributed by atoms with van der Waals surface area (Å²) in [4.78, 5) is 11.4. The molecule has 1 aliphatic rings. The van der Waals surface area contributed by atoms with E-state index in [1.807, 2.05) is 6.92 Å². The summed E-state index contributed by atoms with van der Waals surface area (Å²) >= 11 is 0. The molecular weight excluding hydrogens is 266 g/mol. The first-order valence-corrected chi connectivity index (χ1v) is 7.78. The number of nitrogens with one attached hydrogen (secondary N) is 3. The van der Waals surface area contributed by atoms with Crippen LogP contribution >= 0.6 is 0 Å². The molecular formula is C14H23N7. The lowest BCUT2D eigenvalue weighted by molar-refractivity contribution is 0.337. The molecule has 3 heterocycles. The minimum absolute atomic E-state index is 0.635. The molecule has 1 aliphatic heterocycles. The zero-order valence-electron chi connectivity index (χ0n) is 12.5. The Balaban J connectivity index is 1.60. The summed E-state index contributed by atoms with van der Waals surface area (Å²) in [6.07, 6.45) is 5.59. The van der Waals surface area contributed by atoms with Crippen LogP contribution in [0.3, 0.4) is 0 Å². The topological polar surface area (TPSA) is 81.8 Å². The molecule has 2 aromatic heterocycles. The third-order valence-corrected chi connectivity index (χ3v) is 3.79. The van der Waals surface area contributed by atoms with Crippen molar-refractivity contribution in [1.82, 2.24) is 25.1 Å². The highest BCUT2D eigenvalue weighted by Gasteiger charge is 2.11. The van der Waals surface area contributed by atoms with Crippen LogP contribution < -0.4 is 10.6 Å². The molecule has 3 N–H and O–H groups in total. The second-order valence-electron chi connectivity index (χ2n) is 5.39. The number of aromatic nitrogens is 4. The summed E-state index contributed by atoms with van der Waals surface area (Å²) in [5, 5.41) is 14.5. The Morgan fingerprint density at radius 2 is 2.10 bits per heavy atom. The number of H-pyrrole nitrogens is 1. The first-order chi connectivity index (χ1) is 10.4. The number of hydrogen-bond acceptors (Lipinski definition) is 6. The molecule has 0 saturated carbocycles. The highest BCUT2D eigenvalue weighted by molar-refractivity contribution is 5.86. The number of likely N-dealkylation sites (tertiary alicyclic amines) is 1. The maximum absolute atomic E-state index is 4.53. The Kier molecular flexibility index (Phi) is 4.49. The minimum atomic E-state index is 0.635. The highest BCUT2D eigenvalue weighted by Crippen LogP contribution is 2.19. The fourth-order valence-corrected chi connectivity index (χ4v) is 2.72. The largest absolute Gasteiger partial charge is 0.369 e. The Hall–Kier alpha value is -1.89. The molecule has 3 rings (SSSR count). The Labute approximate surface area is 124 Å². The number of rotatable bonds is 7. The molecule has 0 aliphatic carbocycles. The molecule has 0 atom stereocenters. The minimum Gasteiger partial charge on any atom is -0.369 e. The summed E-state index contributed by atoms with van der Waals surface area (Å²) in [6, 6.07) is 0. The number of fused-ring (bicyclic) bond motifs is 1. The Bertz CT molecular complexity index is 574. The van der Waals surface area contributed by atoms with Crippen molar-refractivity contribution in [2.45, 2.75) is 26.2 Å². The second kappa shape index (κ2) is 6.71. The van der Waals surface area contributed by atoms with Gasteiger partial charge in [-0.25, -0.2) is 0 Å². The van der Waals surface area contributed by atoms with Crippen LogP contribution in [0.15, 0.2) is 6.20 Å². The van der Waals surface area contributed by atoms with Gasteiger partial charge in [0.25, 0.3) is 0 Å². The second-order valence-corrected chi connectivity index (χ2v) is 5.39. The first kappa shape index (κ1) is 14.1. The van der Waals surface area contributed by atoms with Gasteiger partial charge in [0.1, 0.15) is 5.82 Å². The van der Waals surface area contributed by atoms with Gasteiger partial charge in [0.15, 0.2) is 5.65 Å². The lowest BCUT2D eigenvalue weighted by atomic mass is 10.3. The molecule has 0 radical (unpaired) electrons. The molecule has 0 amide bonds. The van der Waals surface area contributed by atoms with Crippen molar-refractivity contribution in [3.8, 4) is 0 Å². The summed E-state index contributed by atoms with van der Waals surface area (Å²) in [5.74, 6) is 1.49. The summed E-state index contributed by atoms with van der Waals surface area (Å²) in [5.41, 5.74) is 0.767. The van der Waals surface area contributed by atoms with E-state index in [0.29, 0.717) is 5.95 Å². The van der Waals surface area contributed by atoms with E-state index in [9.17, 15) is 0 Å². The average Bonchev–Trinajstić information content (AvgIpc) is 3.14. The van der Waals surface area contributed by atoms with Gasteiger partial charge in [-0.05, 0) is 45.8 Å². The molecule has 1 fully saturated rings. The molecule has 21 heavy (non-hydrogen) atoms. The zero-order chi connectivity index (χ0) is 14.5. The van der Waals surface area contributed by atoms with E-state index in [1.54, 1.807) is 6.20 Å². The van der Waals surface area contributed by atoms with Crippen LogP contribution in [0.2, 0.25) is 0 Å². The van der Waals surface area contributed by atoms with Crippen molar-refractivity contribution in [3.05, 3.63) is 6.20 Å². The third kappa shape index (κ3) is 3.41. The van der Waals surface area contributed by atoms with Crippen molar-refractivity contribution in [1.29, 1.82) is 0 Å². The lowest BCUT2D eigenvalue weighted by Crippen LogP contribution is -2.22.